The van der Waals surface area contributed by atoms with E-state index < -0.39 is 6.09 Å². The first-order valence-corrected chi connectivity index (χ1v) is 7.85. The molecule has 2 unspecified atom stereocenters. The largest absolute Gasteiger partial charge is 0.465 e. The molecule has 1 aromatic rings. The lowest BCUT2D eigenvalue weighted by Gasteiger charge is -2.35. The van der Waals surface area contributed by atoms with E-state index in [1.54, 1.807) is 7.11 Å². The number of ether oxygens (including phenoxy) is 2. The SMILES string of the molecule is COCCCOC(c1ccccc1)C1CCCN(C(=O)O)C1. The Morgan fingerprint density at radius 1 is 1.36 bits per heavy atom. The molecule has 1 saturated heterocycles. The maximum Gasteiger partial charge on any atom is 0.407 e. The van der Waals surface area contributed by atoms with Crippen LogP contribution >= 0.6 is 0 Å². The van der Waals surface area contributed by atoms with Crippen molar-refractivity contribution in [2.75, 3.05) is 33.4 Å². The Kier molecular flexibility index (Phi) is 6.68. The lowest BCUT2D eigenvalue weighted by molar-refractivity contribution is -0.0193. The molecule has 122 valence electrons. The third-order valence-electron chi connectivity index (χ3n) is 4.07. The number of rotatable bonds is 7. The van der Waals surface area contributed by atoms with Crippen molar-refractivity contribution in [3.63, 3.8) is 0 Å². The summed E-state index contributed by atoms with van der Waals surface area (Å²) in [6.07, 6.45) is 1.83. The highest BCUT2D eigenvalue weighted by Crippen LogP contribution is 2.33. The van der Waals surface area contributed by atoms with Crippen LogP contribution in [0.1, 0.15) is 30.9 Å². The van der Waals surface area contributed by atoms with E-state index in [1.165, 1.54) is 4.90 Å². The number of piperidine rings is 1. The second kappa shape index (κ2) is 8.76. The number of hydrogen-bond donors (Lipinski definition) is 1. The van der Waals surface area contributed by atoms with Crippen LogP contribution in [-0.2, 0) is 9.47 Å². The summed E-state index contributed by atoms with van der Waals surface area (Å²) >= 11 is 0. The van der Waals surface area contributed by atoms with Gasteiger partial charge in [-0.05, 0) is 24.8 Å². The molecule has 0 spiro atoms. The number of methoxy groups -OCH3 is 1. The monoisotopic (exact) mass is 307 g/mol. The summed E-state index contributed by atoms with van der Waals surface area (Å²) in [4.78, 5) is 12.7. The highest BCUT2D eigenvalue weighted by atomic mass is 16.5. The molecule has 0 saturated carbocycles. The van der Waals surface area contributed by atoms with E-state index in [4.69, 9.17) is 9.47 Å². The van der Waals surface area contributed by atoms with E-state index >= 15 is 0 Å². The van der Waals surface area contributed by atoms with Crippen molar-refractivity contribution in [1.82, 2.24) is 4.90 Å². The Balaban J connectivity index is 2.04. The van der Waals surface area contributed by atoms with Gasteiger partial charge in [-0.2, -0.15) is 0 Å². The molecule has 2 rings (SSSR count). The van der Waals surface area contributed by atoms with E-state index in [0.717, 1.165) is 24.8 Å². The molecule has 1 heterocycles. The lowest BCUT2D eigenvalue weighted by Crippen LogP contribution is -2.41. The minimum atomic E-state index is -0.837. The molecule has 0 bridgehead atoms. The second-order valence-corrected chi connectivity index (χ2v) is 5.68. The molecule has 1 aliphatic heterocycles. The van der Waals surface area contributed by atoms with Gasteiger partial charge < -0.3 is 19.5 Å². The van der Waals surface area contributed by atoms with E-state index in [0.29, 0.717) is 26.3 Å². The molecule has 5 heteroatoms. The first-order chi connectivity index (χ1) is 10.7. The van der Waals surface area contributed by atoms with Gasteiger partial charge in [-0.25, -0.2) is 4.79 Å². The molecule has 1 aliphatic rings. The fourth-order valence-electron chi connectivity index (χ4n) is 2.99. The predicted molar refractivity (Wildman–Crippen MR) is 83.9 cm³/mol. The van der Waals surface area contributed by atoms with Crippen molar-refractivity contribution in [2.24, 2.45) is 5.92 Å². The quantitative estimate of drug-likeness (QED) is 0.786. The van der Waals surface area contributed by atoms with Gasteiger partial charge in [0.1, 0.15) is 0 Å². The van der Waals surface area contributed by atoms with Crippen molar-refractivity contribution in [3.05, 3.63) is 35.9 Å². The molecule has 1 amide bonds. The van der Waals surface area contributed by atoms with Gasteiger partial charge in [-0.15, -0.1) is 0 Å². The van der Waals surface area contributed by atoms with Crippen molar-refractivity contribution in [2.45, 2.75) is 25.4 Å². The van der Waals surface area contributed by atoms with Crippen molar-refractivity contribution in [1.29, 1.82) is 0 Å². The van der Waals surface area contributed by atoms with Gasteiger partial charge >= 0.3 is 6.09 Å². The second-order valence-electron chi connectivity index (χ2n) is 5.68. The molecular formula is C17H25NO4. The molecule has 22 heavy (non-hydrogen) atoms. The van der Waals surface area contributed by atoms with Crippen LogP contribution in [0.4, 0.5) is 4.79 Å². The summed E-state index contributed by atoms with van der Waals surface area (Å²) in [7, 11) is 1.68. The van der Waals surface area contributed by atoms with Crippen LogP contribution in [0.25, 0.3) is 0 Å². The van der Waals surface area contributed by atoms with Crippen LogP contribution in [-0.4, -0.2) is 49.5 Å². The van der Waals surface area contributed by atoms with Gasteiger partial charge in [0.15, 0.2) is 0 Å². The number of nitrogens with zero attached hydrogens (tertiary/aromatic N) is 1. The Morgan fingerprint density at radius 3 is 2.82 bits per heavy atom. The smallest absolute Gasteiger partial charge is 0.407 e. The van der Waals surface area contributed by atoms with Gasteiger partial charge in [0.05, 0.1) is 6.10 Å². The summed E-state index contributed by atoms with van der Waals surface area (Å²) in [5.41, 5.74) is 1.12. The standard InChI is InChI=1S/C17H25NO4/c1-21-11-6-12-22-16(14-7-3-2-4-8-14)15-9-5-10-18(13-15)17(19)20/h2-4,7-8,15-16H,5-6,9-13H2,1H3,(H,19,20). The molecule has 0 aliphatic carbocycles. The van der Waals surface area contributed by atoms with Gasteiger partial charge in [0.25, 0.3) is 0 Å². The number of amides is 1. The minimum absolute atomic E-state index is 0.0554. The number of likely N-dealkylation sites (tertiary alicyclic amines) is 1. The maximum atomic E-state index is 11.2. The van der Waals surface area contributed by atoms with Gasteiger partial charge in [0, 0.05) is 39.3 Å². The van der Waals surface area contributed by atoms with Gasteiger partial charge in [-0.1, -0.05) is 30.3 Å². The van der Waals surface area contributed by atoms with E-state index in [-0.39, 0.29) is 12.0 Å². The molecule has 2 atom stereocenters. The normalized spacial score (nSPS) is 19.9. The zero-order chi connectivity index (χ0) is 15.8. The van der Waals surface area contributed by atoms with E-state index in [9.17, 15) is 9.90 Å². The highest BCUT2D eigenvalue weighted by Gasteiger charge is 2.30. The lowest BCUT2D eigenvalue weighted by atomic mass is 9.88. The minimum Gasteiger partial charge on any atom is -0.465 e. The van der Waals surface area contributed by atoms with Crippen LogP contribution in [0, 0.1) is 5.92 Å². The maximum absolute atomic E-state index is 11.2. The molecule has 0 aromatic heterocycles. The van der Waals surface area contributed by atoms with Crippen molar-refractivity contribution in [3.8, 4) is 0 Å². The number of carboxylic acid groups (broad SMARTS) is 1. The molecule has 1 aromatic carbocycles. The number of benzene rings is 1. The summed E-state index contributed by atoms with van der Waals surface area (Å²) in [6, 6.07) is 10.1. The van der Waals surface area contributed by atoms with E-state index in [2.05, 4.69) is 12.1 Å². The Bertz CT molecular complexity index is 451. The molecule has 0 radical (unpaired) electrons. The number of hydrogen-bond acceptors (Lipinski definition) is 3. The van der Waals surface area contributed by atoms with Crippen molar-refractivity contribution < 1.29 is 19.4 Å². The Labute approximate surface area is 131 Å². The summed E-state index contributed by atoms with van der Waals surface area (Å²) in [6.45, 7) is 2.46. The zero-order valence-corrected chi connectivity index (χ0v) is 13.1. The zero-order valence-electron chi connectivity index (χ0n) is 13.1. The third-order valence-corrected chi connectivity index (χ3v) is 4.07. The van der Waals surface area contributed by atoms with Crippen LogP contribution in [0.2, 0.25) is 0 Å². The van der Waals surface area contributed by atoms with Gasteiger partial charge in [0.2, 0.25) is 0 Å². The topological polar surface area (TPSA) is 59.0 Å². The summed E-state index contributed by atoms with van der Waals surface area (Å²) in [5.74, 6) is 0.204. The summed E-state index contributed by atoms with van der Waals surface area (Å²) in [5, 5.41) is 9.22. The highest BCUT2D eigenvalue weighted by molar-refractivity contribution is 5.65. The first-order valence-electron chi connectivity index (χ1n) is 7.85. The van der Waals surface area contributed by atoms with E-state index in [1.807, 2.05) is 18.2 Å². The fraction of sp³-hybridized carbons (Fsp3) is 0.588. The van der Waals surface area contributed by atoms with Gasteiger partial charge in [-0.3, -0.25) is 0 Å². The fourth-order valence-corrected chi connectivity index (χ4v) is 2.99. The summed E-state index contributed by atoms with van der Waals surface area (Å²) < 4.78 is 11.2. The number of carbonyl (C=O) groups is 1. The third kappa shape index (κ3) is 4.71. The van der Waals surface area contributed by atoms with Crippen LogP contribution in [0.15, 0.2) is 30.3 Å². The van der Waals surface area contributed by atoms with Crippen LogP contribution in [0.3, 0.4) is 0 Å². The van der Waals surface area contributed by atoms with Crippen LogP contribution in [0.5, 0.6) is 0 Å². The molecule has 5 nitrogen and oxygen atoms in total. The molecule has 1 fully saturated rings. The van der Waals surface area contributed by atoms with Crippen molar-refractivity contribution >= 4 is 6.09 Å². The Hall–Kier alpha value is -1.59. The molecule has 1 N–H and O–H groups in total. The predicted octanol–water partition coefficient (Wildman–Crippen LogP) is 3.17. The molecular weight excluding hydrogens is 282 g/mol. The Morgan fingerprint density at radius 2 is 2.14 bits per heavy atom. The average molecular weight is 307 g/mol. The first kappa shape index (κ1) is 16.8. The average Bonchev–Trinajstić information content (AvgIpc) is 2.56. The van der Waals surface area contributed by atoms with Crippen LogP contribution < -0.4 is 0 Å².